The third-order valence-corrected chi connectivity index (χ3v) is 11.5. The molecule has 0 amide bonds. The van der Waals surface area contributed by atoms with Crippen LogP contribution in [0.5, 0.6) is 0 Å². The second-order valence-corrected chi connectivity index (χ2v) is 14.5. The lowest BCUT2D eigenvalue weighted by atomic mass is 9.63. The Bertz CT molecular complexity index is 1680. The topological polar surface area (TPSA) is 71.8 Å². The number of thioether (sulfide) groups is 1. The van der Waals surface area contributed by atoms with E-state index in [1.165, 1.54) is 66.1 Å². The fourth-order valence-electron chi connectivity index (χ4n) is 8.05. The van der Waals surface area contributed by atoms with E-state index in [1.807, 2.05) is 30.3 Å². The van der Waals surface area contributed by atoms with Gasteiger partial charge in [0.15, 0.2) is 0 Å². The quantitative estimate of drug-likeness (QED) is 0.154. The Labute approximate surface area is 284 Å². The molecular formula is C42H46N4S. The Morgan fingerprint density at radius 2 is 1.43 bits per heavy atom. The van der Waals surface area contributed by atoms with Gasteiger partial charge in [0.05, 0.1) is 6.17 Å². The first-order chi connectivity index (χ1) is 23.1. The molecule has 3 aromatic carbocycles. The van der Waals surface area contributed by atoms with Crippen LogP contribution in [0.1, 0.15) is 86.1 Å². The van der Waals surface area contributed by atoms with Crippen LogP contribution in [0.15, 0.2) is 133 Å². The van der Waals surface area contributed by atoms with Crippen molar-refractivity contribution in [3.05, 3.63) is 155 Å². The number of hydrogen-bond donors (Lipinski definition) is 4. The van der Waals surface area contributed by atoms with Gasteiger partial charge in [-0.15, -0.1) is 0 Å². The van der Waals surface area contributed by atoms with Crippen molar-refractivity contribution in [1.82, 2.24) is 10.6 Å². The van der Waals surface area contributed by atoms with Crippen molar-refractivity contribution >= 4 is 21.8 Å². The molecule has 0 radical (unpaired) electrons. The van der Waals surface area contributed by atoms with Gasteiger partial charge in [0.25, 0.3) is 0 Å². The van der Waals surface area contributed by atoms with Gasteiger partial charge in [-0.2, -0.15) is 0 Å². The molecule has 3 aromatic rings. The summed E-state index contributed by atoms with van der Waals surface area (Å²) in [6.45, 7) is 0. The molecule has 7 rings (SSSR count). The maximum Gasteiger partial charge on any atom is 0.100 e. The number of allylic oxidation sites excluding steroid dienone is 5. The second-order valence-electron chi connectivity index (χ2n) is 13.5. The molecule has 4 nitrogen and oxygen atoms in total. The van der Waals surface area contributed by atoms with Crippen molar-refractivity contribution in [3.8, 4) is 0 Å². The molecule has 1 aliphatic heterocycles. The highest BCUT2D eigenvalue weighted by Crippen LogP contribution is 2.47. The van der Waals surface area contributed by atoms with E-state index in [-0.39, 0.29) is 11.6 Å². The minimum Gasteiger partial charge on any atom is -0.295 e. The second kappa shape index (κ2) is 14.6. The third-order valence-electron chi connectivity index (χ3n) is 10.6. The first-order valence-electron chi connectivity index (χ1n) is 17.4. The summed E-state index contributed by atoms with van der Waals surface area (Å²) in [7, 11) is 0. The van der Waals surface area contributed by atoms with E-state index in [1.54, 1.807) is 0 Å². The summed E-state index contributed by atoms with van der Waals surface area (Å²) in [5.41, 5.74) is 7.33. The van der Waals surface area contributed by atoms with Crippen molar-refractivity contribution < 1.29 is 0 Å². The number of benzene rings is 3. The molecule has 1 saturated heterocycles. The molecular weight excluding hydrogens is 593 g/mol. The van der Waals surface area contributed by atoms with Gasteiger partial charge in [-0.25, -0.2) is 0 Å². The molecule has 240 valence electrons. The zero-order chi connectivity index (χ0) is 32.1. The Morgan fingerprint density at radius 3 is 2.09 bits per heavy atom. The van der Waals surface area contributed by atoms with Crippen molar-refractivity contribution in [3.63, 3.8) is 0 Å². The zero-order valence-corrected chi connectivity index (χ0v) is 27.9. The minimum atomic E-state index is 0.0265. The Kier molecular flexibility index (Phi) is 9.85. The molecule has 4 unspecified atom stereocenters. The van der Waals surface area contributed by atoms with Crippen molar-refractivity contribution in [2.75, 3.05) is 0 Å². The standard InChI is InChI=1S/C42H46N4S/c43-39(32-15-7-2-8-16-32)47-40(44)33-21-25-36(26-22-33)42(27-11-4-12-28-42)35-23-19-31(20-24-35)38-29-37(30-13-5-1-6-14-30)45-41(46-38)34-17-9-3-10-18-34/h1-2,5-9,13-19,21-26,31,37-38,41,43-46H,3-4,10-12,20,27-29H2. The van der Waals surface area contributed by atoms with Gasteiger partial charge in [0, 0.05) is 28.6 Å². The monoisotopic (exact) mass is 638 g/mol. The number of hydrogen-bond acceptors (Lipinski definition) is 5. The molecule has 2 fully saturated rings. The first-order valence-corrected chi connectivity index (χ1v) is 18.2. The smallest absolute Gasteiger partial charge is 0.100 e. The van der Waals surface area contributed by atoms with E-state index in [4.69, 9.17) is 10.8 Å². The average molecular weight is 639 g/mol. The van der Waals surface area contributed by atoms with Crippen LogP contribution in [-0.4, -0.2) is 22.3 Å². The zero-order valence-electron chi connectivity index (χ0n) is 27.1. The first kappa shape index (κ1) is 31.8. The van der Waals surface area contributed by atoms with E-state index >= 15 is 0 Å². The highest BCUT2D eigenvalue weighted by Gasteiger charge is 2.39. The molecule has 5 heteroatoms. The van der Waals surface area contributed by atoms with Gasteiger partial charge >= 0.3 is 0 Å². The maximum absolute atomic E-state index is 8.72. The molecule has 0 bridgehead atoms. The SMILES string of the molecule is N=C(SC(=N)c1ccc(C2(C3=CCC(C4CC(c5ccccc5)NC(C5=CCCC=C5)N4)C=C3)CCCCC2)cc1)c1ccccc1. The number of rotatable bonds is 7. The highest BCUT2D eigenvalue weighted by molar-refractivity contribution is 8.27. The summed E-state index contributed by atoms with van der Waals surface area (Å²) in [6, 6.07) is 30.1. The molecule has 1 saturated carbocycles. The number of nitrogens with one attached hydrogen (secondary N) is 4. The predicted octanol–water partition coefficient (Wildman–Crippen LogP) is 9.77. The predicted molar refractivity (Wildman–Crippen MR) is 198 cm³/mol. The van der Waals surface area contributed by atoms with Crippen LogP contribution in [0.25, 0.3) is 0 Å². The molecule has 0 aromatic heterocycles. The fraction of sp³-hybridized carbons (Fsp3) is 0.333. The van der Waals surface area contributed by atoms with Crippen LogP contribution in [-0.2, 0) is 5.41 Å². The third kappa shape index (κ3) is 7.08. The lowest BCUT2D eigenvalue weighted by molar-refractivity contribution is 0.231. The van der Waals surface area contributed by atoms with Crippen molar-refractivity contribution in [2.24, 2.45) is 5.92 Å². The minimum absolute atomic E-state index is 0.0265. The van der Waals surface area contributed by atoms with E-state index in [0.29, 0.717) is 28.1 Å². The summed E-state index contributed by atoms with van der Waals surface area (Å²) < 4.78 is 0. The van der Waals surface area contributed by atoms with Gasteiger partial charge in [-0.1, -0.05) is 152 Å². The summed E-state index contributed by atoms with van der Waals surface area (Å²) >= 11 is 1.22. The molecule has 3 aliphatic carbocycles. The fourth-order valence-corrected chi connectivity index (χ4v) is 8.76. The van der Waals surface area contributed by atoms with Crippen LogP contribution < -0.4 is 10.6 Å². The molecule has 4 atom stereocenters. The Morgan fingerprint density at radius 1 is 0.723 bits per heavy atom. The lowest BCUT2D eigenvalue weighted by Crippen LogP contribution is -2.57. The average Bonchev–Trinajstić information content (AvgIpc) is 3.16. The Hall–Kier alpha value is -3.77. The molecule has 4 aliphatic rings. The van der Waals surface area contributed by atoms with Crippen molar-refractivity contribution in [1.29, 1.82) is 10.8 Å². The van der Waals surface area contributed by atoms with Gasteiger partial charge in [-0.3, -0.25) is 21.5 Å². The van der Waals surface area contributed by atoms with Crippen LogP contribution in [0.2, 0.25) is 0 Å². The van der Waals surface area contributed by atoms with Gasteiger partial charge in [0.1, 0.15) is 10.1 Å². The molecule has 1 heterocycles. The van der Waals surface area contributed by atoms with E-state index in [2.05, 4.69) is 102 Å². The van der Waals surface area contributed by atoms with Crippen LogP contribution in [0.4, 0.5) is 0 Å². The summed E-state index contributed by atoms with van der Waals surface area (Å²) in [5, 5.41) is 26.0. The van der Waals surface area contributed by atoms with Gasteiger partial charge in [0.2, 0.25) is 0 Å². The van der Waals surface area contributed by atoms with Crippen LogP contribution in [0.3, 0.4) is 0 Å². The van der Waals surface area contributed by atoms with Crippen LogP contribution in [0, 0.1) is 16.7 Å². The van der Waals surface area contributed by atoms with Crippen molar-refractivity contribution in [2.45, 2.75) is 81.5 Å². The van der Waals surface area contributed by atoms with Gasteiger partial charge in [-0.05, 0) is 66.7 Å². The maximum atomic E-state index is 8.72. The summed E-state index contributed by atoms with van der Waals surface area (Å²) in [5.74, 6) is 0.447. The lowest BCUT2D eigenvalue weighted by Gasteiger charge is -2.43. The summed E-state index contributed by atoms with van der Waals surface area (Å²) in [6.07, 6.45) is 25.2. The largest absolute Gasteiger partial charge is 0.295 e. The molecule has 4 N–H and O–H groups in total. The summed E-state index contributed by atoms with van der Waals surface area (Å²) in [4.78, 5) is 0. The molecule has 0 spiro atoms. The Balaban J connectivity index is 1.08. The molecule has 47 heavy (non-hydrogen) atoms. The van der Waals surface area contributed by atoms with Crippen LogP contribution >= 0.6 is 11.8 Å². The van der Waals surface area contributed by atoms with E-state index in [0.717, 1.165) is 36.8 Å². The van der Waals surface area contributed by atoms with Gasteiger partial charge < -0.3 is 0 Å². The van der Waals surface area contributed by atoms with E-state index < -0.39 is 0 Å². The highest BCUT2D eigenvalue weighted by atomic mass is 32.2. The van der Waals surface area contributed by atoms with E-state index in [9.17, 15) is 0 Å². The normalized spacial score (nSPS) is 25.4.